The molecule has 3 aromatic carbocycles. The standard InChI is InChI=1S/C33H30S/c1-4-24-13-10-14-27(21-23(3)29(5-2)31-16-9-8-15-30(24)31)32-19-20-33(34-32)28-18-17-25-11-6-7-12-26(25)22-28/h6-12,14-22H,3-5,13H2,1-2H3/b14-10-,27-21+,30-24-,31-29?. The van der Waals surface area contributed by atoms with Gasteiger partial charge in [0, 0.05) is 9.75 Å². The maximum atomic E-state index is 4.51. The van der Waals surface area contributed by atoms with Crippen molar-refractivity contribution in [3.63, 3.8) is 0 Å². The van der Waals surface area contributed by atoms with E-state index in [4.69, 9.17) is 0 Å². The summed E-state index contributed by atoms with van der Waals surface area (Å²) in [5.74, 6) is 0. The highest BCUT2D eigenvalue weighted by molar-refractivity contribution is 7.16. The minimum atomic E-state index is 0.965. The van der Waals surface area contributed by atoms with Gasteiger partial charge in [0.2, 0.25) is 0 Å². The van der Waals surface area contributed by atoms with Gasteiger partial charge in [0.25, 0.3) is 0 Å². The summed E-state index contributed by atoms with van der Waals surface area (Å²) in [4.78, 5) is 2.58. The van der Waals surface area contributed by atoms with E-state index >= 15 is 0 Å². The number of rotatable bonds is 4. The molecule has 0 nitrogen and oxygen atoms in total. The Morgan fingerprint density at radius 1 is 0.765 bits per heavy atom. The third-order valence-corrected chi connectivity index (χ3v) is 7.90. The Bertz CT molecular complexity index is 1560. The molecule has 0 saturated heterocycles. The molecule has 168 valence electrons. The molecule has 4 aromatic rings. The summed E-state index contributed by atoms with van der Waals surface area (Å²) in [6.07, 6.45) is 9.87. The van der Waals surface area contributed by atoms with Crippen molar-refractivity contribution >= 4 is 38.8 Å². The zero-order chi connectivity index (χ0) is 23.5. The van der Waals surface area contributed by atoms with Crippen molar-refractivity contribution in [2.75, 3.05) is 0 Å². The average molecular weight is 459 g/mol. The van der Waals surface area contributed by atoms with Crippen LogP contribution in [0.1, 0.15) is 38.0 Å². The lowest BCUT2D eigenvalue weighted by Crippen LogP contribution is -2.29. The fourth-order valence-corrected chi connectivity index (χ4v) is 5.88. The highest BCUT2D eigenvalue weighted by atomic mass is 32.1. The van der Waals surface area contributed by atoms with Crippen molar-refractivity contribution in [3.8, 4) is 10.4 Å². The Hall–Kier alpha value is -3.42. The molecule has 5 rings (SSSR count). The van der Waals surface area contributed by atoms with Crippen LogP contribution >= 0.6 is 11.3 Å². The average Bonchev–Trinajstić information content (AvgIpc) is 3.37. The molecule has 1 heterocycles. The first-order valence-corrected chi connectivity index (χ1v) is 13.0. The quantitative estimate of drug-likeness (QED) is 0.288. The molecular formula is C33H30S. The Labute approximate surface area is 206 Å². The molecule has 0 atom stereocenters. The van der Waals surface area contributed by atoms with Crippen LogP contribution in [0.25, 0.3) is 37.9 Å². The normalized spacial score (nSPS) is 18.4. The molecule has 0 unspecified atom stereocenters. The fraction of sp³-hybridized carbons (Fsp3) is 0.152. The van der Waals surface area contributed by atoms with Gasteiger partial charge >= 0.3 is 0 Å². The van der Waals surface area contributed by atoms with Gasteiger partial charge in [-0.25, -0.2) is 0 Å². The van der Waals surface area contributed by atoms with E-state index in [0.717, 1.165) is 24.8 Å². The number of benzene rings is 3. The first-order chi connectivity index (χ1) is 16.7. The van der Waals surface area contributed by atoms with Gasteiger partial charge < -0.3 is 0 Å². The number of hydrogen-bond donors (Lipinski definition) is 0. The van der Waals surface area contributed by atoms with Crippen LogP contribution in [0.2, 0.25) is 0 Å². The van der Waals surface area contributed by atoms with Crippen molar-refractivity contribution < 1.29 is 0 Å². The lowest BCUT2D eigenvalue weighted by Gasteiger charge is -2.11. The highest BCUT2D eigenvalue weighted by Gasteiger charge is 2.10. The molecule has 0 radical (unpaired) electrons. The lowest BCUT2D eigenvalue weighted by atomic mass is 9.94. The molecular weight excluding hydrogens is 428 g/mol. The molecule has 1 aliphatic carbocycles. The predicted octanol–water partition coefficient (Wildman–Crippen LogP) is 8.29. The van der Waals surface area contributed by atoms with Gasteiger partial charge in [-0.05, 0) is 87.0 Å². The summed E-state index contributed by atoms with van der Waals surface area (Å²) in [6.45, 7) is 9.01. The van der Waals surface area contributed by atoms with Gasteiger partial charge in [-0.1, -0.05) is 98.8 Å². The second-order valence-corrected chi connectivity index (χ2v) is 9.88. The lowest BCUT2D eigenvalue weighted by molar-refractivity contribution is 1.13. The minimum absolute atomic E-state index is 0.965. The predicted molar refractivity (Wildman–Crippen MR) is 151 cm³/mol. The molecule has 1 heteroatoms. The number of hydrogen-bond acceptors (Lipinski definition) is 1. The Balaban J connectivity index is 1.59. The summed E-state index contributed by atoms with van der Waals surface area (Å²) in [5, 5.41) is 5.27. The van der Waals surface area contributed by atoms with E-state index in [1.807, 2.05) is 11.3 Å². The van der Waals surface area contributed by atoms with Crippen LogP contribution in [-0.4, -0.2) is 0 Å². The van der Waals surface area contributed by atoms with Crippen LogP contribution in [0.15, 0.2) is 109 Å². The molecule has 0 bridgehead atoms. The van der Waals surface area contributed by atoms with Crippen LogP contribution in [0, 0.1) is 0 Å². The van der Waals surface area contributed by atoms with Crippen molar-refractivity contribution in [3.05, 3.63) is 125 Å². The van der Waals surface area contributed by atoms with E-state index in [-0.39, 0.29) is 0 Å². The second-order valence-electron chi connectivity index (χ2n) is 8.79. The maximum absolute atomic E-state index is 4.51. The topological polar surface area (TPSA) is 0 Å². The Morgan fingerprint density at radius 3 is 2.29 bits per heavy atom. The van der Waals surface area contributed by atoms with E-state index in [1.54, 1.807) is 0 Å². The summed E-state index contributed by atoms with van der Waals surface area (Å²) >= 11 is 1.86. The fourth-order valence-electron chi connectivity index (χ4n) is 4.88. The Morgan fingerprint density at radius 2 is 1.50 bits per heavy atom. The number of thiophene rings is 1. The van der Waals surface area contributed by atoms with Gasteiger partial charge in [-0.15, -0.1) is 11.3 Å². The van der Waals surface area contributed by atoms with Crippen molar-refractivity contribution in [1.82, 2.24) is 0 Å². The van der Waals surface area contributed by atoms with Crippen molar-refractivity contribution in [2.24, 2.45) is 0 Å². The maximum Gasteiger partial charge on any atom is 0.0349 e. The molecule has 0 spiro atoms. The monoisotopic (exact) mass is 458 g/mol. The van der Waals surface area contributed by atoms with Gasteiger partial charge in [0.1, 0.15) is 0 Å². The first-order valence-electron chi connectivity index (χ1n) is 12.1. The molecule has 34 heavy (non-hydrogen) atoms. The van der Waals surface area contributed by atoms with E-state index in [0.29, 0.717) is 0 Å². The summed E-state index contributed by atoms with van der Waals surface area (Å²) in [6, 6.07) is 28.6. The molecule has 0 amide bonds. The van der Waals surface area contributed by atoms with E-state index in [1.165, 1.54) is 53.2 Å². The van der Waals surface area contributed by atoms with E-state index in [9.17, 15) is 0 Å². The highest BCUT2D eigenvalue weighted by Crippen LogP contribution is 2.35. The molecule has 1 aliphatic rings. The molecule has 0 saturated carbocycles. The zero-order valence-corrected chi connectivity index (χ0v) is 20.8. The largest absolute Gasteiger partial charge is 0.135 e. The SMILES string of the molecule is C=C1/C=C(c2ccc(-c3ccc4ccccc4c3)s2)\C=C/C/C(CC)=c2/ccccc2=C1CC. The number of allylic oxidation sites excluding steroid dienone is 5. The van der Waals surface area contributed by atoms with Gasteiger partial charge in [-0.2, -0.15) is 0 Å². The Kier molecular flexibility index (Phi) is 6.47. The van der Waals surface area contributed by atoms with Crippen LogP contribution in [-0.2, 0) is 0 Å². The molecule has 1 aromatic heterocycles. The smallest absolute Gasteiger partial charge is 0.0349 e. The van der Waals surface area contributed by atoms with Crippen LogP contribution in [0.5, 0.6) is 0 Å². The minimum Gasteiger partial charge on any atom is -0.135 e. The summed E-state index contributed by atoms with van der Waals surface area (Å²) < 4.78 is 0. The van der Waals surface area contributed by atoms with E-state index < -0.39 is 0 Å². The summed E-state index contributed by atoms with van der Waals surface area (Å²) in [7, 11) is 0. The van der Waals surface area contributed by atoms with Crippen LogP contribution < -0.4 is 10.4 Å². The van der Waals surface area contributed by atoms with Gasteiger partial charge in [0.05, 0.1) is 0 Å². The van der Waals surface area contributed by atoms with Gasteiger partial charge in [-0.3, -0.25) is 0 Å². The van der Waals surface area contributed by atoms with Crippen LogP contribution in [0.4, 0.5) is 0 Å². The molecule has 0 aliphatic heterocycles. The van der Waals surface area contributed by atoms with Crippen molar-refractivity contribution in [1.29, 1.82) is 0 Å². The summed E-state index contributed by atoms with van der Waals surface area (Å²) in [5.41, 5.74) is 6.43. The van der Waals surface area contributed by atoms with Gasteiger partial charge in [0.15, 0.2) is 0 Å². The molecule has 0 N–H and O–H groups in total. The third-order valence-electron chi connectivity index (χ3n) is 6.72. The third kappa shape index (κ3) is 4.36. The first kappa shape index (κ1) is 22.4. The number of fused-ring (bicyclic) bond motifs is 2. The molecule has 0 fully saturated rings. The van der Waals surface area contributed by atoms with Crippen LogP contribution in [0.3, 0.4) is 0 Å². The second kappa shape index (κ2) is 9.83. The zero-order valence-electron chi connectivity index (χ0n) is 20.0. The van der Waals surface area contributed by atoms with Crippen molar-refractivity contribution in [2.45, 2.75) is 33.1 Å². The van der Waals surface area contributed by atoms with E-state index in [2.05, 4.69) is 118 Å².